The molecule has 1 unspecified atom stereocenters. The molecular weight excluding hydrogens is 326 g/mol. The third kappa shape index (κ3) is 3.93. The van der Waals surface area contributed by atoms with E-state index in [1.807, 2.05) is 49.9 Å². The maximum atomic E-state index is 13.1. The first kappa shape index (κ1) is 18.9. The van der Waals surface area contributed by atoms with E-state index in [1.54, 1.807) is 0 Å². The summed E-state index contributed by atoms with van der Waals surface area (Å²) in [7, 11) is 0. The molecule has 2 aliphatic rings. The second-order valence-corrected chi connectivity index (χ2v) is 8.26. The predicted octanol–water partition coefficient (Wildman–Crippen LogP) is 2.35. The van der Waals surface area contributed by atoms with E-state index in [1.165, 1.54) is 6.42 Å². The molecule has 1 atom stereocenters. The van der Waals surface area contributed by atoms with E-state index in [-0.39, 0.29) is 17.7 Å². The molecule has 1 spiro atoms. The molecule has 3 rings (SSSR count). The molecule has 2 aliphatic heterocycles. The summed E-state index contributed by atoms with van der Waals surface area (Å²) in [6.45, 7) is 9.66. The van der Waals surface area contributed by atoms with E-state index < -0.39 is 6.04 Å². The number of hydrogen-bond donors (Lipinski definition) is 2. The maximum absolute atomic E-state index is 13.1. The zero-order chi connectivity index (χ0) is 18.7. The Balaban J connectivity index is 1.65. The minimum atomic E-state index is -0.474. The molecule has 26 heavy (non-hydrogen) atoms. The average Bonchev–Trinajstić information content (AvgIpc) is 3.07. The van der Waals surface area contributed by atoms with Gasteiger partial charge in [-0.1, -0.05) is 32.0 Å². The van der Waals surface area contributed by atoms with Crippen molar-refractivity contribution in [3.05, 3.63) is 35.4 Å². The Kier molecular flexibility index (Phi) is 5.66. The number of likely N-dealkylation sites (tertiary alicyclic amines) is 1. The monoisotopic (exact) mass is 357 g/mol. The number of carbonyl (C=O) groups excluding carboxylic acids is 2. The van der Waals surface area contributed by atoms with Gasteiger partial charge in [0, 0.05) is 25.2 Å². The highest BCUT2D eigenvalue weighted by molar-refractivity contribution is 5.98. The molecule has 2 saturated heterocycles. The molecule has 1 aromatic rings. The van der Waals surface area contributed by atoms with Crippen molar-refractivity contribution in [3.63, 3.8) is 0 Å². The number of nitrogens with one attached hydrogen (secondary N) is 2. The van der Waals surface area contributed by atoms with Gasteiger partial charge in [0.1, 0.15) is 6.04 Å². The first-order valence-electron chi connectivity index (χ1n) is 9.78. The lowest BCUT2D eigenvalue weighted by atomic mass is 9.77. The molecule has 0 radical (unpaired) electrons. The van der Waals surface area contributed by atoms with Crippen LogP contribution in [0, 0.1) is 18.3 Å². The highest BCUT2D eigenvalue weighted by Crippen LogP contribution is 2.37. The summed E-state index contributed by atoms with van der Waals surface area (Å²) in [6.07, 6.45) is 3.33. The number of carbonyl (C=O) groups is 2. The zero-order valence-electron chi connectivity index (χ0n) is 16.2. The largest absolute Gasteiger partial charge is 0.341 e. The van der Waals surface area contributed by atoms with Crippen LogP contribution in [0.1, 0.15) is 49.0 Å². The lowest BCUT2D eigenvalue weighted by Crippen LogP contribution is -2.54. The molecule has 2 fully saturated rings. The summed E-state index contributed by atoms with van der Waals surface area (Å²) in [5.74, 6) is -0.0501. The van der Waals surface area contributed by atoms with E-state index in [0.717, 1.165) is 44.6 Å². The minimum Gasteiger partial charge on any atom is -0.341 e. The van der Waals surface area contributed by atoms with Gasteiger partial charge in [-0.05, 0) is 55.7 Å². The normalized spacial score (nSPS) is 20.4. The van der Waals surface area contributed by atoms with Gasteiger partial charge in [-0.2, -0.15) is 0 Å². The zero-order valence-corrected chi connectivity index (χ0v) is 16.2. The van der Waals surface area contributed by atoms with Crippen LogP contribution in [0.3, 0.4) is 0 Å². The Morgan fingerprint density at radius 2 is 1.85 bits per heavy atom. The van der Waals surface area contributed by atoms with Crippen molar-refractivity contribution in [1.82, 2.24) is 15.5 Å². The van der Waals surface area contributed by atoms with Gasteiger partial charge in [0.2, 0.25) is 5.91 Å². The molecule has 2 N–H and O–H groups in total. The number of hydrogen-bond acceptors (Lipinski definition) is 3. The Morgan fingerprint density at radius 1 is 1.15 bits per heavy atom. The van der Waals surface area contributed by atoms with Crippen molar-refractivity contribution >= 4 is 11.8 Å². The second kappa shape index (κ2) is 7.78. The smallest absolute Gasteiger partial charge is 0.252 e. The van der Waals surface area contributed by atoms with Crippen LogP contribution in [0.4, 0.5) is 0 Å². The van der Waals surface area contributed by atoms with E-state index in [9.17, 15) is 9.59 Å². The van der Waals surface area contributed by atoms with Crippen molar-refractivity contribution < 1.29 is 9.59 Å². The van der Waals surface area contributed by atoms with Gasteiger partial charge in [-0.25, -0.2) is 0 Å². The first-order chi connectivity index (χ1) is 12.4. The molecule has 0 aromatic heterocycles. The number of aryl methyl sites for hydroxylation is 1. The average molecular weight is 357 g/mol. The molecule has 1 aromatic carbocycles. The predicted molar refractivity (Wildman–Crippen MR) is 103 cm³/mol. The van der Waals surface area contributed by atoms with Crippen LogP contribution >= 0.6 is 0 Å². The number of amides is 2. The van der Waals surface area contributed by atoms with Crippen molar-refractivity contribution in [3.8, 4) is 0 Å². The van der Waals surface area contributed by atoms with Crippen LogP contribution in [0.25, 0.3) is 0 Å². The van der Waals surface area contributed by atoms with E-state index in [2.05, 4.69) is 10.6 Å². The molecule has 142 valence electrons. The molecular formula is C21H31N3O2. The maximum Gasteiger partial charge on any atom is 0.252 e. The van der Waals surface area contributed by atoms with Gasteiger partial charge in [0.05, 0.1) is 0 Å². The van der Waals surface area contributed by atoms with E-state index in [4.69, 9.17) is 0 Å². The van der Waals surface area contributed by atoms with Gasteiger partial charge < -0.3 is 15.5 Å². The third-order valence-corrected chi connectivity index (χ3v) is 6.08. The molecule has 5 heteroatoms. The molecule has 5 nitrogen and oxygen atoms in total. The van der Waals surface area contributed by atoms with Crippen molar-refractivity contribution in [2.75, 3.05) is 26.2 Å². The van der Waals surface area contributed by atoms with E-state index >= 15 is 0 Å². The van der Waals surface area contributed by atoms with Crippen LogP contribution in [-0.4, -0.2) is 48.9 Å². The summed E-state index contributed by atoms with van der Waals surface area (Å²) in [6, 6.07) is 7.02. The van der Waals surface area contributed by atoms with E-state index in [0.29, 0.717) is 11.0 Å². The molecule has 0 saturated carbocycles. The summed E-state index contributed by atoms with van der Waals surface area (Å²) >= 11 is 0. The third-order valence-electron chi connectivity index (χ3n) is 6.08. The Labute approximate surface area is 156 Å². The number of piperidine rings is 1. The summed E-state index contributed by atoms with van der Waals surface area (Å²) in [5, 5.41) is 6.45. The lowest BCUT2D eigenvalue weighted by Gasteiger charge is -2.40. The van der Waals surface area contributed by atoms with Crippen molar-refractivity contribution in [1.29, 1.82) is 0 Å². The minimum absolute atomic E-state index is 0.0551. The Morgan fingerprint density at radius 3 is 2.42 bits per heavy atom. The quantitative estimate of drug-likeness (QED) is 0.870. The standard InChI is InChI=1S/C21H31N3O2/c1-15(2)18(23-19(25)17-7-5-4-6-16(17)3)20(26)24-12-9-21(10-13-24)8-11-22-14-21/h4-7,15,18,22H,8-14H2,1-3H3,(H,23,25). The van der Waals surface area contributed by atoms with Gasteiger partial charge in [0.15, 0.2) is 0 Å². The van der Waals surface area contributed by atoms with Crippen molar-refractivity contribution in [2.45, 2.75) is 46.1 Å². The van der Waals surface area contributed by atoms with Crippen LogP contribution in [-0.2, 0) is 4.79 Å². The Hall–Kier alpha value is -1.88. The topological polar surface area (TPSA) is 61.4 Å². The number of benzene rings is 1. The fourth-order valence-corrected chi connectivity index (χ4v) is 4.18. The van der Waals surface area contributed by atoms with Crippen LogP contribution in [0.15, 0.2) is 24.3 Å². The van der Waals surface area contributed by atoms with Gasteiger partial charge in [-0.15, -0.1) is 0 Å². The SMILES string of the molecule is Cc1ccccc1C(=O)NC(C(=O)N1CCC2(CCNC2)CC1)C(C)C. The molecule has 0 bridgehead atoms. The lowest BCUT2D eigenvalue weighted by molar-refractivity contribution is -0.136. The summed E-state index contributed by atoms with van der Waals surface area (Å²) < 4.78 is 0. The molecule has 2 amide bonds. The van der Waals surface area contributed by atoms with Crippen LogP contribution in [0.2, 0.25) is 0 Å². The summed E-state index contributed by atoms with van der Waals surface area (Å²) in [4.78, 5) is 27.7. The molecule has 0 aliphatic carbocycles. The fourth-order valence-electron chi connectivity index (χ4n) is 4.18. The number of rotatable bonds is 4. The van der Waals surface area contributed by atoms with Gasteiger partial charge in [0.25, 0.3) is 5.91 Å². The molecule has 2 heterocycles. The van der Waals surface area contributed by atoms with Gasteiger partial charge in [-0.3, -0.25) is 9.59 Å². The number of nitrogens with zero attached hydrogens (tertiary/aromatic N) is 1. The second-order valence-electron chi connectivity index (χ2n) is 8.26. The first-order valence-corrected chi connectivity index (χ1v) is 9.78. The highest BCUT2D eigenvalue weighted by atomic mass is 16.2. The fraction of sp³-hybridized carbons (Fsp3) is 0.619. The van der Waals surface area contributed by atoms with Gasteiger partial charge >= 0.3 is 0 Å². The van der Waals surface area contributed by atoms with Crippen molar-refractivity contribution in [2.24, 2.45) is 11.3 Å². The Bertz CT molecular complexity index is 655. The van der Waals surface area contributed by atoms with Crippen LogP contribution < -0.4 is 10.6 Å². The van der Waals surface area contributed by atoms with Crippen LogP contribution in [0.5, 0.6) is 0 Å². The highest BCUT2D eigenvalue weighted by Gasteiger charge is 2.39. The summed E-state index contributed by atoms with van der Waals surface area (Å²) in [5.41, 5.74) is 1.95.